The van der Waals surface area contributed by atoms with Crippen LogP contribution in [0, 0.1) is 0 Å². The summed E-state index contributed by atoms with van der Waals surface area (Å²) >= 11 is 0. The number of piperidine rings is 1. The zero-order chi connectivity index (χ0) is 19.1. The lowest BCUT2D eigenvalue weighted by Crippen LogP contribution is -2.49. The van der Waals surface area contributed by atoms with Crippen molar-refractivity contribution in [1.29, 1.82) is 0 Å². The fourth-order valence-corrected chi connectivity index (χ4v) is 4.85. The topological polar surface area (TPSA) is 46.6 Å². The molecule has 0 aliphatic carbocycles. The molecule has 1 fully saturated rings. The van der Waals surface area contributed by atoms with Gasteiger partial charge in [0.05, 0.1) is 4.90 Å². The van der Waals surface area contributed by atoms with Crippen LogP contribution in [-0.2, 0) is 16.3 Å². The standard InChI is InChI=1S/C22H27NO3S/c1-3-23-14-12-22(13-15-23)11-10-19-16-18(6-9-21(19)26-22)17-4-7-20(8-5-17)27(2,24)25/h4-9,16H,3,10-15H2,1-2H3. The van der Waals surface area contributed by atoms with Crippen molar-refractivity contribution in [2.75, 3.05) is 25.9 Å². The molecule has 0 bridgehead atoms. The molecule has 2 aromatic rings. The van der Waals surface area contributed by atoms with E-state index < -0.39 is 9.84 Å². The Morgan fingerprint density at radius 2 is 1.67 bits per heavy atom. The van der Waals surface area contributed by atoms with Crippen molar-refractivity contribution in [3.05, 3.63) is 48.0 Å². The van der Waals surface area contributed by atoms with E-state index in [-0.39, 0.29) is 5.60 Å². The maximum Gasteiger partial charge on any atom is 0.175 e. The Hall–Kier alpha value is -1.85. The van der Waals surface area contributed by atoms with Crippen molar-refractivity contribution < 1.29 is 13.2 Å². The zero-order valence-electron chi connectivity index (χ0n) is 16.1. The van der Waals surface area contributed by atoms with E-state index in [1.807, 2.05) is 12.1 Å². The number of likely N-dealkylation sites (tertiary alicyclic amines) is 1. The van der Waals surface area contributed by atoms with E-state index in [0.717, 1.165) is 62.2 Å². The van der Waals surface area contributed by atoms with Crippen molar-refractivity contribution in [3.8, 4) is 16.9 Å². The molecule has 2 aliphatic heterocycles. The summed E-state index contributed by atoms with van der Waals surface area (Å²) in [5, 5.41) is 0. The van der Waals surface area contributed by atoms with Gasteiger partial charge >= 0.3 is 0 Å². The fraction of sp³-hybridized carbons (Fsp3) is 0.455. The lowest BCUT2D eigenvalue weighted by molar-refractivity contribution is -0.0132. The third-order valence-corrected chi connectivity index (χ3v) is 7.20. The molecule has 0 atom stereocenters. The quantitative estimate of drug-likeness (QED) is 0.803. The first-order valence-corrected chi connectivity index (χ1v) is 11.6. The van der Waals surface area contributed by atoms with E-state index in [1.165, 1.54) is 11.8 Å². The SMILES string of the molecule is CCN1CCC2(CCc3cc(-c4ccc(S(C)(=O)=O)cc4)ccc3O2)CC1. The molecule has 1 spiro atoms. The zero-order valence-corrected chi connectivity index (χ0v) is 16.9. The maximum atomic E-state index is 11.6. The minimum atomic E-state index is -3.16. The van der Waals surface area contributed by atoms with Gasteiger partial charge in [-0.15, -0.1) is 0 Å². The van der Waals surface area contributed by atoms with Crippen LogP contribution in [0.3, 0.4) is 0 Å². The molecule has 0 radical (unpaired) electrons. The summed E-state index contributed by atoms with van der Waals surface area (Å²) in [4.78, 5) is 2.85. The van der Waals surface area contributed by atoms with Crippen molar-refractivity contribution in [2.24, 2.45) is 0 Å². The predicted molar refractivity (Wildman–Crippen MR) is 108 cm³/mol. The van der Waals surface area contributed by atoms with Crippen LogP contribution >= 0.6 is 0 Å². The summed E-state index contributed by atoms with van der Waals surface area (Å²) in [6, 6.07) is 13.5. The summed E-state index contributed by atoms with van der Waals surface area (Å²) in [7, 11) is -3.16. The van der Waals surface area contributed by atoms with Gasteiger partial charge in [0.25, 0.3) is 0 Å². The van der Waals surface area contributed by atoms with Crippen molar-refractivity contribution >= 4 is 9.84 Å². The Bertz CT molecular complexity index is 927. The highest BCUT2D eigenvalue weighted by molar-refractivity contribution is 7.90. The van der Waals surface area contributed by atoms with Gasteiger partial charge in [0.1, 0.15) is 11.4 Å². The molecule has 0 aromatic heterocycles. The Morgan fingerprint density at radius 1 is 1.00 bits per heavy atom. The van der Waals surface area contributed by atoms with Crippen LogP contribution in [-0.4, -0.2) is 44.8 Å². The Kier molecular flexibility index (Phi) is 4.77. The van der Waals surface area contributed by atoms with E-state index in [2.05, 4.69) is 30.0 Å². The number of fused-ring (bicyclic) bond motifs is 1. The lowest BCUT2D eigenvalue weighted by Gasteiger charge is -2.44. The van der Waals surface area contributed by atoms with E-state index >= 15 is 0 Å². The van der Waals surface area contributed by atoms with Gasteiger partial charge in [-0.05, 0) is 73.2 Å². The first-order chi connectivity index (χ1) is 12.9. The number of nitrogens with zero attached hydrogens (tertiary/aromatic N) is 1. The summed E-state index contributed by atoms with van der Waals surface area (Å²) in [5.41, 5.74) is 3.40. The maximum absolute atomic E-state index is 11.6. The molecule has 144 valence electrons. The second-order valence-corrected chi connectivity index (χ2v) is 9.85. The monoisotopic (exact) mass is 385 g/mol. The summed E-state index contributed by atoms with van der Waals surface area (Å²) in [6.07, 6.45) is 5.56. The van der Waals surface area contributed by atoms with E-state index in [4.69, 9.17) is 4.74 Å². The molecule has 4 rings (SSSR count). The van der Waals surface area contributed by atoms with Gasteiger partial charge in [-0.3, -0.25) is 0 Å². The van der Waals surface area contributed by atoms with Gasteiger partial charge in [0.15, 0.2) is 9.84 Å². The second kappa shape index (κ2) is 6.95. The molecule has 2 aliphatic rings. The van der Waals surface area contributed by atoms with Crippen molar-refractivity contribution in [2.45, 2.75) is 43.1 Å². The van der Waals surface area contributed by atoms with Crippen molar-refractivity contribution in [3.63, 3.8) is 0 Å². The molecular weight excluding hydrogens is 358 g/mol. The van der Waals surface area contributed by atoms with E-state index in [1.54, 1.807) is 12.1 Å². The summed E-state index contributed by atoms with van der Waals surface area (Å²) < 4.78 is 29.8. The molecule has 2 heterocycles. The minimum Gasteiger partial charge on any atom is -0.487 e. The molecule has 0 N–H and O–H groups in total. The highest BCUT2D eigenvalue weighted by Crippen LogP contribution is 2.40. The largest absolute Gasteiger partial charge is 0.487 e. The lowest BCUT2D eigenvalue weighted by atomic mass is 9.82. The predicted octanol–water partition coefficient (Wildman–Crippen LogP) is 3.94. The van der Waals surface area contributed by atoms with Gasteiger partial charge in [0, 0.05) is 19.3 Å². The molecule has 5 heteroatoms. The van der Waals surface area contributed by atoms with Crippen molar-refractivity contribution in [1.82, 2.24) is 4.90 Å². The van der Waals surface area contributed by atoms with Crippen LogP contribution < -0.4 is 4.74 Å². The van der Waals surface area contributed by atoms with Crippen LogP contribution in [0.2, 0.25) is 0 Å². The molecular formula is C22H27NO3S. The van der Waals surface area contributed by atoms with Gasteiger partial charge < -0.3 is 9.64 Å². The second-order valence-electron chi connectivity index (χ2n) is 7.84. The van der Waals surface area contributed by atoms with Gasteiger partial charge in [-0.1, -0.05) is 25.1 Å². The van der Waals surface area contributed by atoms with Crippen LogP contribution in [0.15, 0.2) is 47.4 Å². The number of sulfone groups is 1. The molecule has 1 saturated heterocycles. The fourth-order valence-electron chi connectivity index (χ4n) is 4.22. The number of ether oxygens (including phenoxy) is 1. The van der Waals surface area contributed by atoms with Crippen LogP contribution in [0.5, 0.6) is 5.75 Å². The summed E-state index contributed by atoms with van der Waals surface area (Å²) in [5.74, 6) is 1.02. The molecule has 27 heavy (non-hydrogen) atoms. The van der Waals surface area contributed by atoms with Gasteiger partial charge in [-0.25, -0.2) is 8.42 Å². The van der Waals surface area contributed by atoms with Crippen LogP contribution in [0.1, 0.15) is 31.7 Å². The van der Waals surface area contributed by atoms with E-state index in [0.29, 0.717) is 4.90 Å². The average molecular weight is 386 g/mol. The van der Waals surface area contributed by atoms with Gasteiger partial charge in [0.2, 0.25) is 0 Å². The first kappa shape index (κ1) is 18.5. The highest BCUT2D eigenvalue weighted by atomic mass is 32.2. The third-order valence-electron chi connectivity index (χ3n) is 6.07. The van der Waals surface area contributed by atoms with E-state index in [9.17, 15) is 8.42 Å². The molecule has 4 nitrogen and oxygen atoms in total. The van der Waals surface area contributed by atoms with Gasteiger partial charge in [-0.2, -0.15) is 0 Å². The smallest absolute Gasteiger partial charge is 0.175 e. The number of hydrogen-bond acceptors (Lipinski definition) is 4. The Labute approximate surface area is 162 Å². The van der Waals surface area contributed by atoms with Crippen LogP contribution in [0.25, 0.3) is 11.1 Å². The molecule has 0 amide bonds. The number of benzene rings is 2. The third kappa shape index (κ3) is 3.76. The first-order valence-electron chi connectivity index (χ1n) is 9.73. The average Bonchev–Trinajstić information content (AvgIpc) is 2.68. The number of rotatable bonds is 3. The summed E-state index contributed by atoms with van der Waals surface area (Å²) in [6.45, 7) is 5.58. The molecule has 0 saturated carbocycles. The number of hydrogen-bond donors (Lipinski definition) is 0. The molecule has 0 unspecified atom stereocenters. The number of aryl methyl sites for hydroxylation is 1. The minimum absolute atomic E-state index is 0.0112. The Morgan fingerprint density at radius 3 is 2.30 bits per heavy atom. The normalized spacial score (nSPS) is 19.5. The Balaban J connectivity index is 1.54. The highest BCUT2D eigenvalue weighted by Gasteiger charge is 2.39. The van der Waals surface area contributed by atoms with Crippen LogP contribution in [0.4, 0.5) is 0 Å². The molecule has 2 aromatic carbocycles.